The Morgan fingerprint density at radius 2 is 2.33 bits per heavy atom. The van der Waals surface area contributed by atoms with Gasteiger partial charge >= 0.3 is 5.97 Å². The number of rotatable bonds is 5. The second-order valence-corrected chi connectivity index (χ2v) is 3.72. The molecule has 0 aliphatic carbocycles. The summed E-state index contributed by atoms with van der Waals surface area (Å²) in [5.41, 5.74) is 1.38. The Kier molecular flexibility index (Phi) is 4.09. The molecule has 0 aromatic carbocycles. The van der Waals surface area contributed by atoms with Gasteiger partial charge in [-0.3, -0.25) is 4.98 Å². The summed E-state index contributed by atoms with van der Waals surface area (Å²) in [6, 6.07) is 7.41. The van der Waals surface area contributed by atoms with Crippen molar-refractivity contribution in [1.29, 1.82) is 0 Å². The fourth-order valence-electron chi connectivity index (χ4n) is 1.51. The van der Waals surface area contributed by atoms with E-state index in [9.17, 15) is 4.79 Å². The van der Waals surface area contributed by atoms with Gasteiger partial charge < -0.3 is 14.5 Å². The number of pyridine rings is 1. The molecule has 0 amide bonds. The number of hydrogen-bond donors (Lipinski definition) is 1. The molecule has 18 heavy (non-hydrogen) atoms. The van der Waals surface area contributed by atoms with Crippen molar-refractivity contribution < 1.29 is 13.9 Å². The molecule has 1 N–H and O–H groups in total. The van der Waals surface area contributed by atoms with Crippen LogP contribution in [0.4, 0.5) is 0 Å². The van der Waals surface area contributed by atoms with Crippen molar-refractivity contribution in [3.05, 3.63) is 53.7 Å². The summed E-state index contributed by atoms with van der Waals surface area (Å²) < 4.78 is 9.84. The van der Waals surface area contributed by atoms with Gasteiger partial charge in [-0.2, -0.15) is 0 Å². The van der Waals surface area contributed by atoms with Crippen LogP contribution in [0.2, 0.25) is 0 Å². The van der Waals surface area contributed by atoms with Crippen LogP contribution in [0.3, 0.4) is 0 Å². The molecule has 2 heterocycles. The quantitative estimate of drug-likeness (QED) is 0.814. The molecule has 0 saturated heterocycles. The highest BCUT2D eigenvalue weighted by atomic mass is 16.5. The first-order valence-electron chi connectivity index (χ1n) is 5.56. The molecular weight excluding hydrogens is 232 g/mol. The van der Waals surface area contributed by atoms with Crippen LogP contribution in [0, 0.1) is 0 Å². The van der Waals surface area contributed by atoms with Crippen molar-refractivity contribution >= 4 is 5.97 Å². The molecule has 0 spiro atoms. The van der Waals surface area contributed by atoms with Gasteiger partial charge in [-0.1, -0.05) is 6.07 Å². The summed E-state index contributed by atoms with van der Waals surface area (Å²) in [4.78, 5) is 15.4. The Labute approximate surface area is 105 Å². The van der Waals surface area contributed by atoms with Gasteiger partial charge in [0.1, 0.15) is 12.0 Å². The lowest BCUT2D eigenvalue weighted by Crippen LogP contribution is -2.13. The number of carbonyl (C=O) groups is 1. The molecule has 0 atom stereocenters. The molecule has 5 nitrogen and oxygen atoms in total. The number of esters is 1. The third kappa shape index (κ3) is 3.18. The number of nitrogens with one attached hydrogen (secondary N) is 1. The molecule has 0 radical (unpaired) electrons. The van der Waals surface area contributed by atoms with Crippen molar-refractivity contribution in [2.24, 2.45) is 0 Å². The Morgan fingerprint density at radius 1 is 1.44 bits per heavy atom. The molecule has 0 aliphatic heterocycles. The molecule has 2 aromatic heterocycles. The number of ether oxygens (including phenoxy) is 1. The maximum atomic E-state index is 11.2. The van der Waals surface area contributed by atoms with Crippen LogP contribution in [0.1, 0.15) is 21.8 Å². The van der Waals surface area contributed by atoms with Gasteiger partial charge in [-0.25, -0.2) is 4.79 Å². The second kappa shape index (κ2) is 5.97. The Hall–Kier alpha value is -2.14. The minimum Gasteiger partial charge on any atom is -0.467 e. The summed E-state index contributed by atoms with van der Waals surface area (Å²) in [5, 5.41) is 3.18. The smallest absolute Gasteiger partial charge is 0.341 e. The third-order valence-electron chi connectivity index (χ3n) is 2.41. The van der Waals surface area contributed by atoms with Crippen molar-refractivity contribution in [3.8, 4) is 0 Å². The highest BCUT2D eigenvalue weighted by Crippen LogP contribution is 2.08. The van der Waals surface area contributed by atoms with Gasteiger partial charge in [0.05, 0.1) is 24.9 Å². The van der Waals surface area contributed by atoms with Gasteiger partial charge in [0.2, 0.25) is 0 Å². The van der Waals surface area contributed by atoms with E-state index in [0.29, 0.717) is 24.4 Å². The zero-order chi connectivity index (χ0) is 12.8. The van der Waals surface area contributed by atoms with Crippen LogP contribution < -0.4 is 5.32 Å². The highest BCUT2D eigenvalue weighted by Gasteiger charge is 2.09. The fraction of sp³-hybridized carbons (Fsp3) is 0.231. The summed E-state index contributed by atoms with van der Waals surface area (Å²) >= 11 is 0. The Bertz CT molecular complexity index is 508. The number of hydrogen-bond acceptors (Lipinski definition) is 5. The maximum Gasteiger partial charge on any atom is 0.341 e. The standard InChI is InChI=1S/C13H14N2O3/c1-17-13(16)10-6-12(18-9-10)8-14-7-11-4-2-3-5-15-11/h2-6,9,14H,7-8H2,1H3. The summed E-state index contributed by atoms with van der Waals surface area (Å²) in [5.74, 6) is 0.293. The first-order valence-corrected chi connectivity index (χ1v) is 5.56. The molecule has 0 aliphatic rings. The normalized spacial score (nSPS) is 10.3. The molecule has 5 heteroatoms. The van der Waals surface area contributed by atoms with Crippen molar-refractivity contribution in [3.63, 3.8) is 0 Å². The van der Waals surface area contributed by atoms with Gasteiger partial charge in [0, 0.05) is 12.7 Å². The largest absolute Gasteiger partial charge is 0.467 e. The van der Waals surface area contributed by atoms with E-state index >= 15 is 0 Å². The SMILES string of the molecule is COC(=O)c1coc(CNCc2ccccn2)c1. The monoisotopic (exact) mass is 246 g/mol. The van der Waals surface area contributed by atoms with Crippen LogP contribution in [0.25, 0.3) is 0 Å². The molecule has 0 saturated carbocycles. The average molecular weight is 246 g/mol. The summed E-state index contributed by atoms with van der Waals surface area (Å²) in [7, 11) is 1.34. The maximum absolute atomic E-state index is 11.2. The highest BCUT2D eigenvalue weighted by molar-refractivity contribution is 5.88. The first-order chi connectivity index (χ1) is 8.79. The number of aromatic nitrogens is 1. The lowest BCUT2D eigenvalue weighted by atomic mass is 10.3. The predicted molar refractivity (Wildman–Crippen MR) is 64.8 cm³/mol. The van der Waals surface area contributed by atoms with Crippen LogP contribution >= 0.6 is 0 Å². The van der Waals surface area contributed by atoms with E-state index in [1.165, 1.54) is 13.4 Å². The Balaban J connectivity index is 1.84. The molecule has 2 aromatic rings. The van der Waals surface area contributed by atoms with Crippen molar-refractivity contribution in [2.75, 3.05) is 7.11 Å². The van der Waals surface area contributed by atoms with Gasteiger partial charge in [-0.05, 0) is 18.2 Å². The van der Waals surface area contributed by atoms with Crippen LogP contribution in [0.5, 0.6) is 0 Å². The molecule has 0 unspecified atom stereocenters. The minimum absolute atomic E-state index is 0.394. The summed E-state index contributed by atoms with van der Waals surface area (Å²) in [6.07, 6.45) is 3.14. The summed E-state index contributed by atoms with van der Waals surface area (Å²) in [6.45, 7) is 1.18. The number of carbonyl (C=O) groups excluding carboxylic acids is 1. The lowest BCUT2D eigenvalue weighted by molar-refractivity contribution is 0.0600. The van der Waals surface area contributed by atoms with Gasteiger partial charge in [0.15, 0.2) is 0 Å². The van der Waals surface area contributed by atoms with Crippen molar-refractivity contribution in [2.45, 2.75) is 13.1 Å². The number of methoxy groups -OCH3 is 1. The predicted octanol–water partition coefficient (Wildman–Crippen LogP) is 1.75. The second-order valence-electron chi connectivity index (χ2n) is 3.72. The van der Waals surface area contributed by atoms with E-state index in [4.69, 9.17) is 4.42 Å². The molecule has 2 rings (SSSR count). The van der Waals surface area contributed by atoms with E-state index in [1.807, 2.05) is 18.2 Å². The fourth-order valence-corrected chi connectivity index (χ4v) is 1.51. The topological polar surface area (TPSA) is 64.4 Å². The van der Waals surface area contributed by atoms with E-state index in [2.05, 4.69) is 15.0 Å². The third-order valence-corrected chi connectivity index (χ3v) is 2.41. The van der Waals surface area contributed by atoms with Crippen LogP contribution in [0.15, 0.2) is 41.1 Å². The number of furan rings is 1. The average Bonchev–Trinajstić information content (AvgIpc) is 2.88. The molecule has 0 fully saturated rings. The Morgan fingerprint density at radius 3 is 3.06 bits per heavy atom. The first kappa shape index (κ1) is 12.3. The minimum atomic E-state index is -0.394. The number of nitrogens with zero attached hydrogens (tertiary/aromatic N) is 1. The zero-order valence-corrected chi connectivity index (χ0v) is 10.1. The van der Waals surface area contributed by atoms with Crippen LogP contribution in [-0.2, 0) is 17.8 Å². The van der Waals surface area contributed by atoms with E-state index < -0.39 is 5.97 Å². The molecule has 0 bridgehead atoms. The van der Waals surface area contributed by atoms with E-state index in [-0.39, 0.29) is 0 Å². The molecular formula is C13H14N2O3. The van der Waals surface area contributed by atoms with Gasteiger partial charge in [-0.15, -0.1) is 0 Å². The van der Waals surface area contributed by atoms with Crippen LogP contribution in [-0.4, -0.2) is 18.1 Å². The zero-order valence-electron chi connectivity index (χ0n) is 10.1. The molecule has 94 valence electrons. The van der Waals surface area contributed by atoms with E-state index in [0.717, 1.165) is 5.69 Å². The van der Waals surface area contributed by atoms with Gasteiger partial charge in [0.25, 0.3) is 0 Å². The van der Waals surface area contributed by atoms with Crippen molar-refractivity contribution in [1.82, 2.24) is 10.3 Å². The lowest BCUT2D eigenvalue weighted by Gasteiger charge is -2.01. The van der Waals surface area contributed by atoms with E-state index in [1.54, 1.807) is 12.3 Å².